The number of hydrogen-bond acceptors (Lipinski definition) is 12. The summed E-state index contributed by atoms with van der Waals surface area (Å²) in [6, 6.07) is 39.1. The van der Waals surface area contributed by atoms with Crippen LogP contribution < -0.4 is 37.0 Å². The third-order valence-corrected chi connectivity index (χ3v) is 11.2. The van der Waals surface area contributed by atoms with E-state index in [4.69, 9.17) is 19.3 Å². The average Bonchev–Trinajstić information content (AvgIpc) is 3.39. The molecule has 2 aromatic carbocycles. The fraction of sp³-hybridized carbons (Fsp3) is 0.471. The smallest absolute Gasteiger partial charge is 1.00 e. The van der Waals surface area contributed by atoms with Gasteiger partial charge in [-0.15, -0.1) is 13.1 Å². The van der Waals surface area contributed by atoms with E-state index in [0.717, 1.165) is 141 Å². The molecule has 0 bridgehead atoms. The predicted molar refractivity (Wildman–Crippen MR) is 264 cm³/mol. The quantitative estimate of drug-likeness (QED) is 0.0700. The number of pyridine rings is 3. The van der Waals surface area contributed by atoms with Gasteiger partial charge in [0.25, 0.3) is 0 Å². The second-order valence-corrected chi connectivity index (χ2v) is 16.0. The Morgan fingerprint density at radius 2 is 1.06 bits per heavy atom. The van der Waals surface area contributed by atoms with Gasteiger partial charge in [0, 0.05) is 90.6 Å². The van der Waals surface area contributed by atoms with Crippen LogP contribution in [0.15, 0.2) is 134 Å². The summed E-state index contributed by atoms with van der Waals surface area (Å²) >= 11 is 0. The molecular formula is C51H70BrMgN9O4. The van der Waals surface area contributed by atoms with Crippen LogP contribution in [0.5, 0.6) is 0 Å². The Labute approximate surface area is 420 Å². The van der Waals surface area contributed by atoms with E-state index in [9.17, 15) is 0 Å². The van der Waals surface area contributed by atoms with Gasteiger partial charge in [0.2, 0.25) is 0 Å². The van der Waals surface area contributed by atoms with Crippen LogP contribution >= 0.6 is 0 Å². The van der Waals surface area contributed by atoms with Crippen molar-refractivity contribution in [2.45, 2.75) is 51.0 Å². The van der Waals surface area contributed by atoms with Gasteiger partial charge < -0.3 is 47.1 Å². The van der Waals surface area contributed by atoms with Crippen LogP contribution in [-0.4, -0.2) is 154 Å². The van der Waals surface area contributed by atoms with Crippen LogP contribution in [0.1, 0.15) is 43.2 Å². The Morgan fingerprint density at radius 1 is 0.561 bits per heavy atom. The fourth-order valence-corrected chi connectivity index (χ4v) is 7.61. The number of aromatic nitrogens is 3. The SMILES string of the molecule is [Br-].[Mg+2].c1ccc(CCCON2CCN(c3ccccn3)CC2)cc1.c1ccc(CCCOOCC2CCCCO2)cc1.c1ccc(N2CCNCC2)nc1.c1ccc(N2CC[N-]CC2)nc1. The molecule has 352 valence electrons. The maximum absolute atomic E-state index is 5.88. The van der Waals surface area contributed by atoms with Crippen molar-refractivity contribution in [1.29, 1.82) is 0 Å². The molecule has 4 aliphatic heterocycles. The fourth-order valence-electron chi connectivity index (χ4n) is 7.61. The van der Waals surface area contributed by atoms with E-state index in [1.54, 1.807) is 0 Å². The van der Waals surface area contributed by atoms with Gasteiger partial charge in [-0.3, -0.25) is 4.84 Å². The number of halogens is 1. The molecule has 1 atom stereocenters. The molecule has 13 nitrogen and oxygen atoms in total. The summed E-state index contributed by atoms with van der Waals surface area (Å²) in [6.45, 7) is 14.8. The van der Waals surface area contributed by atoms with E-state index < -0.39 is 0 Å². The molecule has 4 aliphatic rings. The molecular weight excluding hydrogens is 907 g/mol. The number of nitrogens with one attached hydrogen (secondary N) is 1. The van der Waals surface area contributed by atoms with E-state index in [-0.39, 0.29) is 46.1 Å². The molecule has 1 N–H and O–H groups in total. The van der Waals surface area contributed by atoms with Crippen molar-refractivity contribution in [1.82, 2.24) is 25.3 Å². The van der Waals surface area contributed by atoms with Crippen LogP contribution in [0, 0.1) is 0 Å². The second-order valence-electron chi connectivity index (χ2n) is 16.0. The first-order chi connectivity index (χ1) is 31.8. The molecule has 0 spiro atoms. The first kappa shape index (κ1) is 54.9. The predicted octanol–water partition coefficient (Wildman–Crippen LogP) is 4.29. The Bertz CT molecular complexity index is 1810. The maximum Gasteiger partial charge on any atom is 2.00 e. The van der Waals surface area contributed by atoms with Crippen molar-refractivity contribution in [3.05, 3.63) is 150 Å². The zero-order chi connectivity index (χ0) is 44.0. The molecule has 0 amide bonds. The number of aryl methyl sites for hydroxylation is 2. The topological polar surface area (TPSA) is 115 Å². The standard InChI is InChI=1S/C18H23N3O.C15H22O3.C9H13N3.C9H12N3.BrH.Mg/c1-2-7-17(8-3-1)9-6-16-22-21-14-12-20(13-15-21)18-10-4-5-11-19-18;1-2-7-14(8-3-1)9-6-12-17-18-13-15-10-4-5-11-16-15;2*1-2-4-11-9(3-1)12-7-5-10-6-8-12;;/h1-5,7-8,10-11H,6,9,12-16H2;1-3,7-8,15H,4-6,9-13H2;1-4,10H,5-8H2;1-4H,5-8H2;1H;/q;;;-1;;+2/p-1. The Morgan fingerprint density at radius 3 is 1.56 bits per heavy atom. The number of anilines is 3. The zero-order valence-electron chi connectivity index (χ0n) is 38.8. The van der Waals surface area contributed by atoms with Crippen molar-refractivity contribution in [3.8, 4) is 0 Å². The molecule has 15 heteroatoms. The molecule has 0 radical (unpaired) electrons. The molecule has 5 aromatic rings. The summed E-state index contributed by atoms with van der Waals surface area (Å²) in [5.74, 6) is 3.23. The number of rotatable bonds is 15. The van der Waals surface area contributed by atoms with Gasteiger partial charge in [-0.1, -0.05) is 78.9 Å². The summed E-state index contributed by atoms with van der Waals surface area (Å²) in [5.41, 5.74) is 2.72. The van der Waals surface area contributed by atoms with Gasteiger partial charge in [0.1, 0.15) is 24.1 Å². The number of ether oxygens (including phenoxy) is 1. The van der Waals surface area contributed by atoms with Gasteiger partial charge >= 0.3 is 23.1 Å². The van der Waals surface area contributed by atoms with E-state index in [1.165, 1.54) is 24.0 Å². The van der Waals surface area contributed by atoms with Crippen molar-refractivity contribution in [2.75, 3.05) is 120 Å². The van der Waals surface area contributed by atoms with Crippen LogP contribution in [-0.2, 0) is 32.2 Å². The van der Waals surface area contributed by atoms with Crippen molar-refractivity contribution < 1.29 is 36.3 Å². The summed E-state index contributed by atoms with van der Waals surface area (Å²) in [5, 5.41) is 9.69. The number of piperazine rings is 3. The van der Waals surface area contributed by atoms with Crippen LogP contribution in [0.25, 0.3) is 5.32 Å². The first-order valence-electron chi connectivity index (χ1n) is 23.4. The zero-order valence-corrected chi connectivity index (χ0v) is 41.8. The minimum Gasteiger partial charge on any atom is -1.00 e. The molecule has 1 unspecified atom stereocenters. The molecule has 66 heavy (non-hydrogen) atoms. The molecule has 0 saturated carbocycles. The van der Waals surface area contributed by atoms with E-state index in [2.05, 4.69) is 112 Å². The van der Waals surface area contributed by atoms with Gasteiger partial charge in [0.15, 0.2) is 0 Å². The maximum atomic E-state index is 5.88. The monoisotopic (exact) mass is 975 g/mol. The second kappa shape index (κ2) is 34.5. The summed E-state index contributed by atoms with van der Waals surface area (Å²) in [7, 11) is 0. The number of nitrogens with zero attached hydrogens (tertiary/aromatic N) is 8. The molecule has 4 saturated heterocycles. The van der Waals surface area contributed by atoms with Crippen molar-refractivity contribution in [3.63, 3.8) is 0 Å². The van der Waals surface area contributed by atoms with Crippen LogP contribution in [0.2, 0.25) is 0 Å². The van der Waals surface area contributed by atoms with Gasteiger partial charge in [-0.05, 0) is 92.5 Å². The van der Waals surface area contributed by atoms with Gasteiger partial charge in [-0.2, -0.15) is 5.06 Å². The molecule has 7 heterocycles. The Kier molecular flexibility index (Phi) is 28.7. The summed E-state index contributed by atoms with van der Waals surface area (Å²) in [4.78, 5) is 36.1. The summed E-state index contributed by atoms with van der Waals surface area (Å²) in [6.07, 6.45) is 13.4. The van der Waals surface area contributed by atoms with Crippen LogP contribution in [0.4, 0.5) is 17.5 Å². The number of hydrogen-bond donors (Lipinski definition) is 1. The van der Waals surface area contributed by atoms with E-state index in [1.807, 2.05) is 67.1 Å². The number of hydroxylamine groups is 2. The normalized spacial score (nSPS) is 17.2. The van der Waals surface area contributed by atoms with E-state index >= 15 is 0 Å². The average molecular weight is 977 g/mol. The van der Waals surface area contributed by atoms with Gasteiger partial charge in [-0.25, -0.2) is 24.7 Å². The third kappa shape index (κ3) is 21.9. The Balaban J connectivity index is 0.000000196. The van der Waals surface area contributed by atoms with Crippen molar-refractivity contribution >= 4 is 40.5 Å². The van der Waals surface area contributed by atoms with Crippen LogP contribution in [0.3, 0.4) is 0 Å². The Hall–Kier alpha value is -3.74. The molecule has 3 aromatic heterocycles. The molecule has 9 rings (SSSR count). The number of benzene rings is 2. The molecule has 4 fully saturated rings. The minimum absolute atomic E-state index is 0. The largest absolute Gasteiger partial charge is 2.00 e. The first-order valence-corrected chi connectivity index (χ1v) is 23.4. The minimum atomic E-state index is 0. The third-order valence-electron chi connectivity index (χ3n) is 11.2. The molecule has 0 aliphatic carbocycles. The van der Waals surface area contributed by atoms with E-state index in [0.29, 0.717) is 13.2 Å². The van der Waals surface area contributed by atoms with Crippen molar-refractivity contribution in [2.24, 2.45) is 0 Å². The summed E-state index contributed by atoms with van der Waals surface area (Å²) < 4.78 is 5.55. The van der Waals surface area contributed by atoms with Gasteiger partial charge in [0.05, 0.1) is 19.3 Å².